The third-order valence-electron chi connectivity index (χ3n) is 9.00. The van der Waals surface area contributed by atoms with E-state index >= 15 is 0 Å². The van der Waals surface area contributed by atoms with E-state index < -0.39 is 30.0 Å². The Hall–Kier alpha value is -3.17. The fourth-order valence-electron chi connectivity index (χ4n) is 6.07. The van der Waals surface area contributed by atoms with Crippen LogP contribution in [0.3, 0.4) is 0 Å². The van der Waals surface area contributed by atoms with Crippen LogP contribution in [0.2, 0.25) is 0 Å². The lowest BCUT2D eigenvalue weighted by Gasteiger charge is -2.38. The average molecular weight is 615 g/mol. The first-order valence-corrected chi connectivity index (χ1v) is 15.6. The second kappa shape index (κ2) is 13.2. The minimum Gasteiger partial charge on any atom is -0.368 e. The molecule has 3 saturated heterocycles. The highest BCUT2D eigenvalue weighted by Crippen LogP contribution is 2.40. The van der Waals surface area contributed by atoms with E-state index in [1.54, 1.807) is 28.4 Å². The fraction of sp³-hybridized carbons (Fsp3) is 0.621. The topological polar surface area (TPSA) is 147 Å². The Bertz CT molecular complexity index is 1290. The van der Waals surface area contributed by atoms with Crippen LogP contribution in [0, 0.1) is 5.92 Å². The van der Waals surface area contributed by atoms with E-state index in [9.17, 15) is 9.59 Å². The minimum absolute atomic E-state index is 0.123. The van der Waals surface area contributed by atoms with Gasteiger partial charge in [-0.2, -0.15) is 5.11 Å². The zero-order chi connectivity index (χ0) is 30.7. The van der Waals surface area contributed by atoms with E-state index in [2.05, 4.69) is 32.5 Å². The molecule has 5 atom stereocenters. The molecule has 5 rings (SSSR count). The van der Waals surface area contributed by atoms with Crippen LogP contribution in [0.4, 0.5) is 5.13 Å². The Kier molecular flexibility index (Phi) is 9.61. The van der Waals surface area contributed by atoms with E-state index in [1.807, 2.05) is 31.4 Å². The SMILES string of the molecule is CCC(C)[C@H](NC(=O)c1ccc(-c2csc(N3CCN(C)CC3)n2)cc1)C(=O)N1C[C@@H](N=NN)[C@H]2OCC(OC)(OC)[C@H]21. The normalized spacial score (nSPS) is 25.2. The molecule has 0 spiro atoms. The van der Waals surface area contributed by atoms with Gasteiger partial charge in [0.15, 0.2) is 5.13 Å². The fourth-order valence-corrected chi connectivity index (χ4v) is 6.96. The van der Waals surface area contributed by atoms with E-state index in [-0.39, 0.29) is 30.9 Å². The third-order valence-corrected chi connectivity index (χ3v) is 9.90. The maximum Gasteiger partial charge on any atom is 0.251 e. The number of amides is 2. The Labute approximate surface area is 256 Å². The van der Waals surface area contributed by atoms with Gasteiger partial charge < -0.3 is 40.1 Å². The predicted octanol–water partition coefficient (Wildman–Crippen LogP) is 2.00. The Balaban J connectivity index is 1.31. The first-order chi connectivity index (χ1) is 20.7. The highest BCUT2D eigenvalue weighted by molar-refractivity contribution is 7.14. The van der Waals surface area contributed by atoms with Crippen molar-refractivity contribution in [2.24, 2.45) is 22.1 Å². The molecule has 1 aromatic heterocycles. The van der Waals surface area contributed by atoms with Gasteiger partial charge in [0.1, 0.15) is 30.8 Å². The van der Waals surface area contributed by atoms with Crippen molar-refractivity contribution >= 4 is 28.3 Å². The zero-order valence-electron chi connectivity index (χ0n) is 25.4. The molecular formula is C29H42N8O5S. The number of carbonyl (C=O) groups is 2. The van der Waals surface area contributed by atoms with E-state index in [4.69, 9.17) is 25.0 Å². The molecule has 4 heterocycles. The Morgan fingerprint density at radius 3 is 2.53 bits per heavy atom. The van der Waals surface area contributed by atoms with Gasteiger partial charge in [0, 0.05) is 63.5 Å². The van der Waals surface area contributed by atoms with Crippen LogP contribution in [-0.2, 0) is 19.0 Å². The number of ether oxygens (including phenoxy) is 3. The summed E-state index contributed by atoms with van der Waals surface area (Å²) in [5, 5.41) is 13.6. The molecule has 3 aliphatic heterocycles. The maximum atomic E-state index is 14.1. The van der Waals surface area contributed by atoms with Crippen LogP contribution in [0.5, 0.6) is 0 Å². The molecule has 3 fully saturated rings. The van der Waals surface area contributed by atoms with Crippen LogP contribution < -0.4 is 16.1 Å². The molecule has 1 aromatic carbocycles. The molecule has 0 saturated carbocycles. The van der Waals surface area contributed by atoms with Crippen molar-refractivity contribution < 1.29 is 23.8 Å². The number of carbonyl (C=O) groups excluding carboxylic acids is 2. The van der Waals surface area contributed by atoms with Crippen molar-refractivity contribution in [1.82, 2.24) is 20.1 Å². The summed E-state index contributed by atoms with van der Waals surface area (Å²) in [7, 11) is 5.17. The number of anilines is 1. The van der Waals surface area contributed by atoms with Gasteiger partial charge in [-0.05, 0) is 25.1 Å². The van der Waals surface area contributed by atoms with Gasteiger partial charge in [-0.25, -0.2) is 4.98 Å². The maximum absolute atomic E-state index is 14.1. The second-order valence-electron chi connectivity index (χ2n) is 11.4. The standard InChI is InChI=1S/C29H42N8O5S/c1-6-18(2)23(27(39)37-15-21(33-34-30)24-25(37)29(40-4,41-5)17-42-24)32-26(38)20-9-7-19(8-10-20)22-16-43-28(31-22)36-13-11-35(3)12-14-36/h7-10,16,18,21,23-25H,6,11-15,17H2,1-5H3,(H2,30,33)(H,32,38)/t18?,21-,23+,24-,25+/m1/s1. The summed E-state index contributed by atoms with van der Waals surface area (Å²) in [6.07, 6.45) is 0.179. The Morgan fingerprint density at radius 1 is 1.21 bits per heavy atom. The van der Waals surface area contributed by atoms with E-state index in [0.29, 0.717) is 12.0 Å². The zero-order valence-corrected chi connectivity index (χ0v) is 26.2. The average Bonchev–Trinajstić information content (AvgIpc) is 3.76. The molecule has 0 bridgehead atoms. The number of benzene rings is 1. The largest absolute Gasteiger partial charge is 0.368 e. The van der Waals surface area contributed by atoms with Crippen LogP contribution in [-0.4, -0.2) is 117 Å². The molecule has 0 radical (unpaired) electrons. The summed E-state index contributed by atoms with van der Waals surface area (Å²) in [5.74, 6) is 3.47. The number of fused-ring (bicyclic) bond motifs is 1. The van der Waals surface area contributed by atoms with Crippen molar-refractivity contribution in [3.8, 4) is 11.3 Å². The van der Waals surface area contributed by atoms with E-state index in [1.165, 1.54) is 14.2 Å². The number of hydrogen-bond acceptors (Lipinski definition) is 11. The van der Waals surface area contributed by atoms with Gasteiger partial charge in [-0.15, -0.1) is 11.3 Å². The van der Waals surface area contributed by atoms with Crippen LogP contribution in [0.1, 0.15) is 30.6 Å². The lowest BCUT2D eigenvalue weighted by Crippen LogP contribution is -2.59. The smallest absolute Gasteiger partial charge is 0.251 e. The number of nitrogens with two attached hydrogens (primary N) is 1. The summed E-state index contributed by atoms with van der Waals surface area (Å²) in [6, 6.07) is 5.48. The van der Waals surface area contributed by atoms with Crippen molar-refractivity contribution in [2.75, 3.05) is 65.5 Å². The lowest BCUT2D eigenvalue weighted by atomic mass is 9.96. The Morgan fingerprint density at radius 2 is 1.91 bits per heavy atom. The number of nitrogens with one attached hydrogen (secondary N) is 1. The molecule has 14 heteroatoms. The van der Waals surface area contributed by atoms with Gasteiger partial charge in [0.2, 0.25) is 11.7 Å². The van der Waals surface area contributed by atoms with Gasteiger partial charge in [0.25, 0.3) is 5.91 Å². The lowest BCUT2D eigenvalue weighted by molar-refractivity contribution is -0.227. The number of aromatic nitrogens is 1. The van der Waals surface area contributed by atoms with Gasteiger partial charge in [0.05, 0.1) is 5.69 Å². The van der Waals surface area contributed by atoms with Gasteiger partial charge >= 0.3 is 0 Å². The third kappa shape index (κ3) is 6.11. The molecule has 3 aliphatic rings. The molecule has 234 valence electrons. The summed E-state index contributed by atoms with van der Waals surface area (Å²) >= 11 is 1.63. The molecule has 1 unspecified atom stereocenters. The summed E-state index contributed by atoms with van der Waals surface area (Å²) in [5.41, 5.74) is 2.27. The molecular weight excluding hydrogens is 572 g/mol. The predicted molar refractivity (Wildman–Crippen MR) is 163 cm³/mol. The quantitative estimate of drug-likeness (QED) is 0.178. The second-order valence-corrected chi connectivity index (χ2v) is 12.3. The van der Waals surface area contributed by atoms with E-state index in [0.717, 1.165) is 42.6 Å². The first kappa shape index (κ1) is 31.3. The van der Waals surface area contributed by atoms with Crippen LogP contribution in [0.25, 0.3) is 11.3 Å². The van der Waals surface area contributed by atoms with Crippen LogP contribution >= 0.6 is 11.3 Å². The molecule has 0 aliphatic carbocycles. The van der Waals surface area contributed by atoms with Crippen LogP contribution in [0.15, 0.2) is 40.0 Å². The molecule has 13 nitrogen and oxygen atoms in total. The number of likely N-dealkylation sites (N-methyl/N-ethyl adjacent to an activating group) is 1. The highest BCUT2D eigenvalue weighted by Gasteiger charge is 2.62. The summed E-state index contributed by atoms with van der Waals surface area (Å²) < 4.78 is 17.4. The summed E-state index contributed by atoms with van der Waals surface area (Å²) in [6.45, 7) is 8.22. The number of likely N-dealkylation sites (tertiary alicyclic amines) is 1. The number of nitrogens with zero attached hydrogens (tertiary/aromatic N) is 6. The number of thiazole rings is 1. The molecule has 2 aromatic rings. The van der Waals surface area contributed by atoms with Gasteiger partial charge in [-0.3, -0.25) is 9.59 Å². The number of hydrogen-bond donors (Lipinski definition) is 2. The van der Waals surface area contributed by atoms with Crippen molar-refractivity contribution in [1.29, 1.82) is 0 Å². The van der Waals surface area contributed by atoms with Crippen molar-refractivity contribution in [3.05, 3.63) is 35.2 Å². The number of rotatable bonds is 10. The highest BCUT2D eigenvalue weighted by atomic mass is 32.1. The van der Waals surface area contributed by atoms with Crippen molar-refractivity contribution in [3.63, 3.8) is 0 Å². The van der Waals surface area contributed by atoms with Crippen molar-refractivity contribution in [2.45, 2.75) is 50.3 Å². The molecule has 2 amide bonds. The minimum atomic E-state index is -1.17. The van der Waals surface area contributed by atoms with Gasteiger partial charge in [-0.1, -0.05) is 37.6 Å². The summed E-state index contributed by atoms with van der Waals surface area (Å²) in [4.78, 5) is 38.7. The first-order valence-electron chi connectivity index (χ1n) is 14.7. The number of piperazine rings is 1. The monoisotopic (exact) mass is 614 g/mol. The molecule has 43 heavy (non-hydrogen) atoms. The number of methoxy groups -OCH3 is 2. The molecule has 3 N–H and O–H groups in total.